The SMILES string of the molecule is CC1CCCCC1N(C)CCC(=O)N1CCNCC1.Cl. The Morgan fingerprint density at radius 2 is 1.90 bits per heavy atom. The molecule has 2 aliphatic rings. The Bertz CT molecular complexity index is 295. The predicted molar refractivity (Wildman–Crippen MR) is 85.4 cm³/mol. The molecule has 5 heteroatoms. The van der Waals surface area contributed by atoms with Gasteiger partial charge >= 0.3 is 0 Å². The molecule has 1 aliphatic heterocycles. The molecular weight excluding hydrogens is 274 g/mol. The summed E-state index contributed by atoms with van der Waals surface area (Å²) in [6.07, 6.45) is 6.07. The van der Waals surface area contributed by atoms with E-state index in [-0.39, 0.29) is 12.4 Å². The number of halogens is 1. The maximum absolute atomic E-state index is 12.1. The maximum Gasteiger partial charge on any atom is 0.223 e. The summed E-state index contributed by atoms with van der Waals surface area (Å²) in [5.41, 5.74) is 0. The normalized spacial score (nSPS) is 27.2. The quantitative estimate of drug-likeness (QED) is 0.859. The zero-order valence-electron chi connectivity index (χ0n) is 12.9. The van der Waals surface area contributed by atoms with Crippen molar-refractivity contribution in [2.45, 2.75) is 45.1 Å². The first kappa shape index (κ1) is 17.7. The molecule has 2 atom stereocenters. The Kier molecular flexibility index (Phi) is 7.85. The predicted octanol–water partition coefficient (Wildman–Crippen LogP) is 1.74. The summed E-state index contributed by atoms with van der Waals surface area (Å²) in [6.45, 7) is 6.92. The van der Waals surface area contributed by atoms with Crippen LogP contribution in [0, 0.1) is 5.92 Å². The number of nitrogens with one attached hydrogen (secondary N) is 1. The summed E-state index contributed by atoms with van der Waals surface area (Å²) in [4.78, 5) is 16.6. The van der Waals surface area contributed by atoms with E-state index >= 15 is 0 Å². The molecule has 2 rings (SSSR count). The van der Waals surface area contributed by atoms with Crippen LogP contribution in [0.15, 0.2) is 0 Å². The minimum absolute atomic E-state index is 0. The highest BCUT2D eigenvalue weighted by Gasteiger charge is 2.25. The summed E-state index contributed by atoms with van der Waals surface area (Å²) in [6, 6.07) is 0.685. The molecule has 2 unspecified atom stereocenters. The molecule has 1 N–H and O–H groups in total. The van der Waals surface area contributed by atoms with Crippen molar-refractivity contribution >= 4 is 18.3 Å². The second kappa shape index (κ2) is 8.85. The van der Waals surface area contributed by atoms with Gasteiger partial charge in [0.15, 0.2) is 0 Å². The van der Waals surface area contributed by atoms with Gasteiger partial charge in [-0.1, -0.05) is 19.8 Å². The lowest BCUT2D eigenvalue weighted by atomic mass is 9.85. The highest BCUT2D eigenvalue weighted by molar-refractivity contribution is 5.85. The van der Waals surface area contributed by atoms with Crippen LogP contribution in [0.25, 0.3) is 0 Å². The van der Waals surface area contributed by atoms with E-state index in [4.69, 9.17) is 0 Å². The Morgan fingerprint density at radius 1 is 1.25 bits per heavy atom. The monoisotopic (exact) mass is 303 g/mol. The number of hydrogen-bond donors (Lipinski definition) is 1. The number of piperazine rings is 1. The van der Waals surface area contributed by atoms with Crippen LogP contribution in [-0.4, -0.2) is 61.5 Å². The lowest BCUT2D eigenvalue weighted by molar-refractivity contribution is -0.132. The van der Waals surface area contributed by atoms with Crippen LogP contribution in [0.3, 0.4) is 0 Å². The van der Waals surface area contributed by atoms with E-state index in [1.807, 2.05) is 4.90 Å². The van der Waals surface area contributed by atoms with Gasteiger partial charge in [0.25, 0.3) is 0 Å². The molecule has 1 amide bonds. The number of rotatable bonds is 4. The molecular formula is C15H30ClN3O. The number of nitrogens with zero attached hydrogens (tertiary/aromatic N) is 2. The van der Waals surface area contributed by atoms with Crippen LogP contribution >= 0.6 is 12.4 Å². The molecule has 0 aromatic carbocycles. The van der Waals surface area contributed by atoms with Gasteiger partial charge in [0.05, 0.1) is 0 Å². The molecule has 4 nitrogen and oxygen atoms in total. The third-order valence-electron chi connectivity index (χ3n) is 4.78. The van der Waals surface area contributed by atoms with Crippen molar-refractivity contribution in [1.29, 1.82) is 0 Å². The third-order valence-corrected chi connectivity index (χ3v) is 4.78. The molecule has 2 fully saturated rings. The van der Waals surface area contributed by atoms with Gasteiger partial charge in [-0.3, -0.25) is 4.79 Å². The zero-order valence-corrected chi connectivity index (χ0v) is 13.8. The molecule has 1 aliphatic carbocycles. The summed E-state index contributed by atoms with van der Waals surface area (Å²) < 4.78 is 0. The van der Waals surface area contributed by atoms with Gasteiger partial charge in [0.1, 0.15) is 0 Å². The van der Waals surface area contributed by atoms with Crippen molar-refractivity contribution in [2.75, 3.05) is 39.8 Å². The summed E-state index contributed by atoms with van der Waals surface area (Å²) in [5, 5.41) is 3.29. The largest absolute Gasteiger partial charge is 0.340 e. The molecule has 1 saturated heterocycles. The fourth-order valence-corrected chi connectivity index (χ4v) is 3.46. The van der Waals surface area contributed by atoms with Crippen molar-refractivity contribution in [1.82, 2.24) is 15.1 Å². The smallest absolute Gasteiger partial charge is 0.223 e. The second-order valence-electron chi connectivity index (χ2n) is 6.19. The van der Waals surface area contributed by atoms with Crippen LogP contribution in [-0.2, 0) is 4.79 Å². The minimum Gasteiger partial charge on any atom is -0.340 e. The van der Waals surface area contributed by atoms with Crippen molar-refractivity contribution in [2.24, 2.45) is 5.92 Å². The summed E-state index contributed by atoms with van der Waals surface area (Å²) in [5.74, 6) is 1.12. The van der Waals surface area contributed by atoms with Crippen LogP contribution < -0.4 is 5.32 Å². The van der Waals surface area contributed by atoms with Crippen LogP contribution in [0.2, 0.25) is 0 Å². The Labute approximate surface area is 129 Å². The molecule has 0 aromatic heterocycles. The van der Waals surface area contributed by atoms with E-state index in [1.165, 1.54) is 25.7 Å². The van der Waals surface area contributed by atoms with Gasteiger partial charge in [-0.05, 0) is 25.8 Å². The molecule has 0 spiro atoms. The third kappa shape index (κ3) is 4.90. The first-order valence-electron chi connectivity index (χ1n) is 7.87. The second-order valence-corrected chi connectivity index (χ2v) is 6.19. The minimum atomic E-state index is 0. The van der Waals surface area contributed by atoms with Crippen LogP contribution in [0.5, 0.6) is 0 Å². The topological polar surface area (TPSA) is 35.6 Å². The van der Waals surface area contributed by atoms with E-state index in [0.717, 1.165) is 38.6 Å². The Hall–Kier alpha value is -0.320. The molecule has 0 aromatic rings. The first-order valence-corrected chi connectivity index (χ1v) is 7.87. The van der Waals surface area contributed by atoms with E-state index in [1.54, 1.807) is 0 Å². The zero-order chi connectivity index (χ0) is 13.7. The molecule has 0 radical (unpaired) electrons. The van der Waals surface area contributed by atoms with E-state index < -0.39 is 0 Å². The Balaban J connectivity index is 0.00000200. The average molecular weight is 304 g/mol. The first-order chi connectivity index (χ1) is 9.18. The van der Waals surface area contributed by atoms with Crippen molar-refractivity contribution in [3.63, 3.8) is 0 Å². The van der Waals surface area contributed by atoms with Crippen LogP contribution in [0.1, 0.15) is 39.0 Å². The van der Waals surface area contributed by atoms with E-state index in [2.05, 4.69) is 24.2 Å². The highest BCUT2D eigenvalue weighted by Crippen LogP contribution is 2.27. The van der Waals surface area contributed by atoms with Crippen molar-refractivity contribution in [3.05, 3.63) is 0 Å². The van der Waals surface area contributed by atoms with Gasteiger partial charge in [0, 0.05) is 45.2 Å². The average Bonchev–Trinajstić information content (AvgIpc) is 2.46. The van der Waals surface area contributed by atoms with E-state index in [9.17, 15) is 4.79 Å². The molecule has 1 saturated carbocycles. The fourth-order valence-electron chi connectivity index (χ4n) is 3.46. The highest BCUT2D eigenvalue weighted by atomic mass is 35.5. The van der Waals surface area contributed by atoms with Gasteiger partial charge in [-0.25, -0.2) is 0 Å². The van der Waals surface area contributed by atoms with Gasteiger partial charge in [-0.15, -0.1) is 12.4 Å². The Morgan fingerprint density at radius 3 is 2.55 bits per heavy atom. The van der Waals surface area contributed by atoms with Crippen molar-refractivity contribution in [3.8, 4) is 0 Å². The molecule has 118 valence electrons. The van der Waals surface area contributed by atoms with Crippen molar-refractivity contribution < 1.29 is 4.79 Å². The number of amides is 1. The number of carbonyl (C=O) groups is 1. The summed E-state index contributed by atoms with van der Waals surface area (Å²) >= 11 is 0. The fraction of sp³-hybridized carbons (Fsp3) is 0.933. The molecule has 0 bridgehead atoms. The number of hydrogen-bond acceptors (Lipinski definition) is 3. The maximum atomic E-state index is 12.1. The standard InChI is InChI=1S/C15H29N3O.ClH/c1-13-5-3-4-6-14(13)17(2)10-7-15(19)18-11-8-16-9-12-18;/h13-14,16H,3-12H2,1-2H3;1H. The van der Waals surface area contributed by atoms with Gasteiger partial charge < -0.3 is 15.1 Å². The lowest BCUT2D eigenvalue weighted by Crippen LogP contribution is -2.47. The molecule has 20 heavy (non-hydrogen) atoms. The van der Waals surface area contributed by atoms with Gasteiger partial charge in [0.2, 0.25) is 5.91 Å². The van der Waals surface area contributed by atoms with Gasteiger partial charge in [-0.2, -0.15) is 0 Å². The van der Waals surface area contributed by atoms with Crippen LogP contribution in [0.4, 0.5) is 0 Å². The lowest BCUT2D eigenvalue weighted by Gasteiger charge is -2.36. The molecule has 1 heterocycles. The number of carbonyl (C=O) groups excluding carboxylic acids is 1. The summed E-state index contributed by atoms with van der Waals surface area (Å²) in [7, 11) is 2.19. The van der Waals surface area contributed by atoms with E-state index in [0.29, 0.717) is 18.4 Å².